The Morgan fingerprint density at radius 3 is 2.31 bits per heavy atom. The van der Waals surface area contributed by atoms with E-state index in [2.05, 4.69) is 34.1 Å². The molecule has 2 aliphatic heterocycles. The predicted molar refractivity (Wildman–Crippen MR) is 131 cm³/mol. The van der Waals surface area contributed by atoms with Gasteiger partial charge >= 0.3 is 6.09 Å². The van der Waals surface area contributed by atoms with Gasteiger partial charge in [-0.1, -0.05) is 35.5 Å². The Bertz CT molecular complexity index is 987. The number of carbonyl (C=O) groups is 2. The summed E-state index contributed by atoms with van der Waals surface area (Å²) >= 11 is 0. The molecule has 0 aliphatic carbocycles. The van der Waals surface area contributed by atoms with Crippen LogP contribution in [0.5, 0.6) is 0 Å². The van der Waals surface area contributed by atoms with Crippen LogP contribution in [-0.4, -0.2) is 81.7 Å². The molecule has 0 saturated carbocycles. The molecule has 3 heterocycles. The molecule has 9 heteroatoms. The molecule has 2 amide bonds. The van der Waals surface area contributed by atoms with Crippen molar-refractivity contribution >= 4 is 12.0 Å². The molecule has 35 heavy (non-hydrogen) atoms. The Morgan fingerprint density at radius 2 is 1.69 bits per heavy atom. The zero-order valence-electron chi connectivity index (χ0n) is 21.3. The van der Waals surface area contributed by atoms with Crippen LogP contribution in [0.15, 0.2) is 34.9 Å². The van der Waals surface area contributed by atoms with Crippen molar-refractivity contribution in [3.05, 3.63) is 47.6 Å². The normalized spacial score (nSPS) is 19.0. The van der Waals surface area contributed by atoms with Crippen molar-refractivity contribution in [1.82, 2.24) is 24.8 Å². The van der Waals surface area contributed by atoms with Crippen LogP contribution in [0.2, 0.25) is 0 Å². The zero-order chi connectivity index (χ0) is 25.0. The van der Waals surface area contributed by atoms with Crippen LogP contribution >= 0.6 is 0 Å². The lowest BCUT2D eigenvalue weighted by Crippen LogP contribution is -2.52. The molecule has 2 aliphatic rings. The first-order valence-corrected chi connectivity index (χ1v) is 12.6. The van der Waals surface area contributed by atoms with Gasteiger partial charge in [-0.05, 0) is 46.1 Å². The second-order valence-electron chi connectivity index (χ2n) is 10.5. The summed E-state index contributed by atoms with van der Waals surface area (Å²) in [6.07, 6.45) is 1.72. The predicted octanol–water partition coefficient (Wildman–Crippen LogP) is 3.51. The number of benzene rings is 1. The Morgan fingerprint density at radius 1 is 1.03 bits per heavy atom. The summed E-state index contributed by atoms with van der Waals surface area (Å²) in [7, 11) is 0. The van der Waals surface area contributed by atoms with Gasteiger partial charge in [-0.15, -0.1) is 0 Å². The molecule has 4 rings (SSSR count). The quantitative estimate of drug-likeness (QED) is 0.643. The number of nitrogens with zero attached hydrogens (tertiary/aromatic N) is 5. The van der Waals surface area contributed by atoms with Gasteiger partial charge in [-0.2, -0.15) is 4.98 Å². The van der Waals surface area contributed by atoms with E-state index in [1.54, 1.807) is 4.90 Å². The van der Waals surface area contributed by atoms with Crippen LogP contribution in [0.25, 0.3) is 0 Å². The Balaban J connectivity index is 1.23. The lowest BCUT2D eigenvalue weighted by atomic mass is 9.95. The van der Waals surface area contributed by atoms with Crippen molar-refractivity contribution in [3.63, 3.8) is 0 Å². The third-order valence-corrected chi connectivity index (χ3v) is 6.72. The minimum atomic E-state index is -0.509. The average Bonchev–Trinajstić information content (AvgIpc) is 3.31. The average molecular weight is 484 g/mol. The maximum absolute atomic E-state index is 13.1. The van der Waals surface area contributed by atoms with Gasteiger partial charge in [-0.25, -0.2) is 4.79 Å². The SMILES string of the molecule is C[C@H](c1nc(Cc2ccccc2)no1)N1CCN(C(=O)C2CCN(C(=O)OC(C)(C)C)CC2)CC1. The molecule has 2 aromatic rings. The lowest BCUT2D eigenvalue weighted by molar-refractivity contribution is -0.139. The van der Waals surface area contributed by atoms with Crippen molar-refractivity contribution in [2.45, 2.75) is 58.6 Å². The van der Waals surface area contributed by atoms with Crippen LogP contribution < -0.4 is 0 Å². The largest absolute Gasteiger partial charge is 0.444 e. The van der Waals surface area contributed by atoms with E-state index in [9.17, 15) is 9.59 Å². The number of carbonyl (C=O) groups excluding carboxylic acids is 2. The van der Waals surface area contributed by atoms with E-state index < -0.39 is 5.60 Å². The fraction of sp³-hybridized carbons (Fsp3) is 0.615. The van der Waals surface area contributed by atoms with E-state index in [4.69, 9.17) is 9.26 Å². The zero-order valence-corrected chi connectivity index (χ0v) is 21.3. The van der Waals surface area contributed by atoms with Crippen LogP contribution in [0.4, 0.5) is 4.79 Å². The van der Waals surface area contributed by atoms with Gasteiger partial charge in [0.1, 0.15) is 5.60 Å². The van der Waals surface area contributed by atoms with Crippen LogP contribution in [-0.2, 0) is 16.0 Å². The Kier molecular flexibility index (Phi) is 7.74. The van der Waals surface area contributed by atoms with E-state index in [-0.39, 0.29) is 24.0 Å². The first-order chi connectivity index (χ1) is 16.7. The van der Waals surface area contributed by atoms with E-state index >= 15 is 0 Å². The highest BCUT2D eigenvalue weighted by molar-refractivity contribution is 5.79. The van der Waals surface area contributed by atoms with Gasteiger partial charge in [0, 0.05) is 51.6 Å². The molecule has 2 saturated heterocycles. The molecule has 0 bridgehead atoms. The summed E-state index contributed by atoms with van der Waals surface area (Å²) in [4.78, 5) is 36.0. The van der Waals surface area contributed by atoms with E-state index in [0.717, 1.165) is 18.7 Å². The third-order valence-electron chi connectivity index (χ3n) is 6.72. The number of piperidine rings is 1. The van der Waals surface area contributed by atoms with Crippen molar-refractivity contribution in [2.24, 2.45) is 5.92 Å². The number of amides is 2. The second kappa shape index (κ2) is 10.8. The molecule has 190 valence electrons. The fourth-order valence-corrected chi connectivity index (χ4v) is 4.67. The summed E-state index contributed by atoms with van der Waals surface area (Å²) < 4.78 is 11.0. The number of hydrogen-bond acceptors (Lipinski definition) is 7. The summed E-state index contributed by atoms with van der Waals surface area (Å²) in [5.41, 5.74) is 0.641. The maximum atomic E-state index is 13.1. The van der Waals surface area contributed by atoms with Gasteiger partial charge in [0.2, 0.25) is 11.8 Å². The smallest absolute Gasteiger partial charge is 0.410 e. The molecule has 1 aromatic carbocycles. The number of likely N-dealkylation sites (tertiary alicyclic amines) is 1. The summed E-state index contributed by atoms with van der Waals surface area (Å²) in [6, 6.07) is 10.1. The monoisotopic (exact) mass is 483 g/mol. The number of piperazine rings is 1. The van der Waals surface area contributed by atoms with Crippen molar-refractivity contribution in [3.8, 4) is 0 Å². The Hall–Kier alpha value is -2.94. The molecule has 2 fully saturated rings. The van der Waals surface area contributed by atoms with E-state index in [0.29, 0.717) is 57.2 Å². The number of ether oxygens (including phenoxy) is 1. The Labute approximate surface area is 207 Å². The topological polar surface area (TPSA) is 92.0 Å². The molecule has 0 unspecified atom stereocenters. The first kappa shape index (κ1) is 25.2. The summed E-state index contributed by atoms with van der Waals surface area (Å²) in [5, 5.41) is 4.16. The standard InChI is InChI=1S/C26H37N5O4/c1-19(23-27-22(28-35-23)18-20-8-6-5-7-9-20)29-14-16-30(17-15-29)24(32)21-10-12-31(13-11-21)25(33)34-26(2,3)4/h5-9,19,21H,10-18H2,1-4H3/t19-/m1/s1. The van der Waals surface area contributed by atoms with E-state index in [1.165, 1.54) is 0 Å². The highest BCUT2D eigenvalue weighted by Crippen LogP contribution is 2.25. The highest BCUT2D eigenvalue weighted by atomic mass is 16.6. The summed E-state index contributed by atoms with van der Waals surface area (Å²) in [5.74, 6) is 1.47. The van der Waals surface area contributed by atoms with Gasteiger partial charge in [0.25, 0.3) is 0 Å². The van der Waals surface area contributed by atoms with Gasteiger partial charge in [-0.3, -0.25) is 9.69 Å². The first-order valence-electron chi connectivity index (χ1n) is 12.6. The molecule has 1 atom stereocenters. The van der Waals surface area contributed by atoms with Gasteiger partial charge in [0.05, 0.1) is 6.04 Å². The number of hydrogen-bond donors (Lipinski definition) is 0. The van der Waals surface area contributed by atoms with Crippen LogP contribution in [0.3, 0.4) is 0 Å². The maximum Gasteiger partial charge on any atom is 0.410 e. The second-order valence-corrected chi connectivity index (χ2v) is 10.5. The van der Waals surface area contributed by atoms with Crippen LogP contribution in [0.1, 0.15) is 63.9 Å². The van der Waals surface area contributed by atoms with Crippen molar-refractivity contribution in [1.29, 1.82) is 0 Å². The summed E-state index contributed by atoms with van der Waals surface area (Å²) in [6.45, 7) is 11.7. The molecule has 0 spiro atoms. The van der Waals surface area contributed by atoms with E-state index in [1.807, 2.05) is 43.9 Å². The van der Waals surface area contributed by atoms with Gasteiger partial charge in [0.15, 0.2) is 5.82 Å². The number of rotatable bonds is 5. The minimum absolute atomic E-state index is 0.00124. The van der Waals surface area contributed by atoms with Crippen molar-refractivity contribution in [2.75, 3.05) is 39.3 Å². The molecule has 9 nitrogen and oxygen atoms in total. The fourth-order valence-electron chi connectivity index (χ4n) is 4.67. The number of aromatic nitrogens is 2. The van der Waals surface area contributed by atoms with Crippen molar-refractivity contribution < 1.29 is 18.8 Å². The molecular formula is C26H37N5O4. The molecule has 1 aromatic heterocycles. The molecular weight excluding hydrogens is 446 g/mol. The van der Waals surface area contributed by atoms with Gasteiger partial charge < -0.3 is 19.1 Å². The molecule has 0 N–H and O–H groups in total. The lowest BCUT2D eigenvalue weighted by Gasteiger charge is -2.39. The molecule has 0 radical (unpaired) electrons. The highest BCUT2D eigenvalue weighted by Gasteiger charge is 2.34. The van der Waals surface area contributed by atoms with Crippen LogP contribution in [0, 0.1) is 5.92 Å². The minimum Gasteiger partial charge on any atom is -0.444 e. The third kappa shape index (κ3) is 6.60.